The fourth-order valence-electron chi connectivity index (χ4n) is 2.65. The average molecular weight is 358 g/mol. The number of ether oxygens (including phenoxy) is 2. The molecule has 3 rings (SSSR count). The summed E-state index contributed by atoms with van der Waals surface area (Å²) in [6.45, 7) is -0.385. The molecule has 0 fully saturated rings. The Morgan fingerprint density at radius 2 is 1.35 bits per heavy atom. The monoisotopic (exact) mass is 358 g/mol. The predicted molar refractivity (Wildman–Crippen MR) is 95.1 cm³/mol. The van der Waals surface area contributed by atoms with Crippen LogP contribution in [0.25, 0.3) is 22.3 Å². The first-order chi connectivity index (χ1) is 12.6. The Hall–Kier alpha value is -2.95. The zero-order chi connectivity index (χ0) is 18.5. The van der Waals surface area contributed by atoms with E-state index in [1.54, 1.807) is 18.2 Å². The summed E-state index contributed by atoms with van der Waals surface area (Å²) in [4.78, 5) is 0. The third-order valence-electron chi connectivity index (χ3n) is 3.86. The number of benzene rings is 3. The first-order valence-electron chi connectivity index (χ1n) is 8.15. The van der Waals surface area contributed by atoms with Crippen LogP contribution in [0.2, 0.25) is 0 Å². The Kier molecular flexibility index (Phi) is 5.46. The van der Waals surface area contributed by atoms with Crippen LogP contribution in [0.15, 0.2) is 66.7 Å². The molecule has 0 aliphatic heterocycles. The Labute approximate surface area is 149 Å². The van der Waals surface area contributed by atoms with Gasteiger partial charge in [-0.05, 0) is 53.9 Å². The molecule has 0 aliphatic carbocycles. The minimum Gasteiger partial charge on any atom is -0.494 e. The second-order valence-corrected chi connectivity index (χ2v) is 5.55. The van der Waals surface area contributed by atoms with Gasteiger partial charge in [0.1, 0.15) is 17.3 Å². The Bertz CT molecular complexity index is 859. The molecule has 0 spiro atoms. The van der Waals surface area contributed by atoms with E-state index in [2.05, 4.69) is 4.74 Å². The summed E-state index contributed by atoms with van der Waals surface area (Å²) in [6.07, 6.45) is 0. The maximum atomic E-state index is 14.6. The molecule has 0 aromatic heterocycles. The SMILES string of the molecule is CCOc1ccc(-c2ccc(-c3ccc(OC(F)F)cc3)c(F)c2)cc1. The Balaban J connectivity index is 1.83. The van der Waals surface area contributed by atoms with E-state index in [9.17, 15) is 13.2 Å². The van der Waals surface area contributed by atoms with E-state index in [4.69, 9.17) is 4.74 Å². The van der Waals surface area contributed by atoms with Crippen molar-refractivity contribution in [2.45, 2.75) is 13.5 Å². The van der Waals surface area contributed by atoms with E-state index in [-0.39, 0.29) is 11.6 Å². The summed E-state index contributed by atoms with van der Waals surface area (Å²) in [6, 6.07) is 18.2. The minimum absolute atomic E-state index is 0.0372. The highest BCUT2D eigenvalue weighted by molar-refractivity contribution is 5.71. The first kappa shape index (κ1) is 17.9. The van der Waals surface area contributed by atoms with Gasteiger partial charge >= 0.3 is 6.61 Å². The number of hydrogen-bond donors (Lipinski definition) is 0. The molecule has 0 atom stereocenters. The van der Waals surface area contributed by atoms with Crippen molar-refractivity contribution in [3.05, 3.63) is 72.5 Å². The molecule has 0 heterocycles. The summed E-state index contributed by atoms with van der Waals surface area (Å²) >= 11 is 0. The lowest BCUT2D eigenvalue weighted by Gasteiger charge is -2.09. The molecule has 0 amide bonds. The number of halogens is 3. The highest BCUT2D eigenvalue weighted by Gasteiger charge is 2.09. The van der Waals surface area contributed by atoms with E-state index in [1.165, 1.54) is 18.2 Å². The summed E-state index contributed by atoms with van der Waals surface area (Å²) < 4.78 is 48.6. The van der Waals surface area contributed by atoms with Crippen LogP contribution >= 0.6 is 0 Å². The number of rotatable bonds is 6. The van der Waals surface area contributed by atoms with Gasteiger partial charge in [0, 0.05) is 5.56 Å². The van der Waals surface area contributed by atoms with Crippen LogP contribution in [0.5, 0.6) is 11.5 Å². The van der Waals surface area contributed by atoms with Crippen LogP contribution in [0, 0.1) is 5.82 Å². The van der Waals surface area contributed by atoms with Gasteiger partial charge in [0.05, 0.1) is 6.61 Å². The highest BCUT2D eigenvalue weighted by Crippen LogP contribution is 2.30. The largest absolute Gasteiger partial charge is 0.494 e. The average Bonchev–Trinajstić information content (AvgIpc) is 2.63. The lowest BCUT2D eigenvalue weighted by Crippen LogP contribution is -2.01. The molecule has 3 aromatic carbocycles. The second kappa shape index (κ2) is 7.95. The molecule has 0 unspecified atom stereocenters. The second-order valence-electron chi connectivity index (χ2n) is 5.55. The third kappa shape index (κ3) is 4.17. The lowest BCUT2D eigenvalue weighted by molar-refractivity contribution is -0.0498. The molecule has 0 saturated heterocycles. The number of hydrogen-bond acceptors (Lipinski definition) is 2. The van der Waals surface area contributed by atoms with Gasteiger partial charge < -0.3 is 9.47 Å². The van der Waals surface area contributed by atoms with Crippen LogP contribution in [0.4, 0.5) is 13.2 Å². The van der Waals surface area contributed by atoms with Crippen LogP contribution in [-0.4, -0.2) is 13.2 Å². The summed E-state index contributed by atoms with van der Waals surface area (Å²) in [5, 5.41) is 0. The first-order valence-corrected chi connectivity index (χ1v) is 8.15. The molecule has 3 aromatic rings. The standard InChI is InChI=1S/C21H17F3O2/c1-2-25-17-8-3-14(4-9-17)16-7-12-19(20(22)13-16)15-5-10-18(11-6-15)26-21(23)24/h3-13,21H,2H2,1H3. The van der Waals surface area contributed by atoms with Crippen molar-refractivity contribution in [3.8, 4) is 33.8 Å². The fraction of sp³-hybridized carbons (Fsp3) is 0.143. The van der Waals surface area contributed by atoms with Crippen molar-refractivity contribution in [2.75, 3.05) is 6.61 Å². The topological polar surface area (TPSA) is 18.5 Å². The Morgan fingerprint density at radius 3 is 1.92 bits per heavy atom. The molecule has 134 valence electrons. The smallest absolute Gasteiger partial charge is 0.387 e. The van der Waals surface area contributed by atoms with E-state index in [0.717, 1.165) is 16.9 Å². The summed E-state index contributed by atoms with van der Waals surface area (Å²) in [7, 11) is 0. The highest BCUT2D eigenvalue weighted by atomic mass is 19.3. The molecule has 2 nitrogen and oxygen atoms in total. The summed E-state index contributed by atoms with van der Waals surface area (Å²) in [5.74, 6) is 0.411. The molecule has 0 bridgehead atoms. The molecular formula is C21H17F3O2. The molecule has 0 radical (unpaired) electrons. The van der Waals surface area contributed by atoms with Crippen molar-refractivity contribution in [1.82, 2.24) is 0 Å². The molecule has 0 aliphatic rings. The predicted octanol–water partition coefficient (Wildman–Crippen LogP) is 6.16. The van der Waals surface area contributed by atoms with Crippen LogP contribution in [-0.2, 0) is 0 Å². The van der Waals surface area contributed by atoms with Crippen molar-refractivity contribution in [3.63, 3.8) is 0 Å². The number of alkyl halides is 2. The van der Waals surface area contributed by atoms with Crippen LogP contribution in [0.1, 0.15) is 6.92 Å². The van der Waals surface area contributed by atoms with E-state index < -0.39 is 6.61 Å². The van der Waals surface area contributed by atoms with Crippen molar-refractivity contribution < 1.29 is 22.6 Å². The van der Waals surface area contributed by atoms with Gasteiger partial charge in [-0.1, -0.05) is 36.4 Å². The van der Waals surface area contributed by atoms with Gasteiger partial charge in [-0.3, -0.25) is 0 Å². The molecule has 0 N–H and O–H groups in total. The zero-order valence-electron chi connectivity index (χ0n) is 14.1. The normalized spacial score (nSPS) is 10.8. The van der Waals surface area contributed by atoms with Gasteiger partial charge in [-0.2, -0.15) is 8.78 Å². The summed E-state index contributed by atoms with van der Waals surface area (Å²) in [5.41, 5.74) is 2.59. The quantitative estimate of drug-likeness (QED) is 0.525. The van der Waals surface area contributed by atoms with Gasteiger partial charge in [0.2, 0.25) is 0 Å². The van der Waals surface area contributed by atoms with Gasteiger partial charge in [-0.15, -0.1) is 0 Å². The van der Waals surface area contributed by atoms with Gasteiger partial charge in [-0.25, -0.2) is 4.39 Å². The fourth-order valence-corrected chi connectivity index (χ4v) is 2.65. The third-order valence-corrected chi connectivity index (χ3v) is 3.86. The molecule has 26 heavy (non-hydrogen) atoms. The van der Waals surface area contributed by atoms with Crippen molar-refractivity contribution >= 4 is 0 Å². The maximum Gasteiger partial charge on any atom is 0.387 e. The van der Waals surface area contributed by atoms with Crippen LogP contribution < -0.4 is 9.47 Å². The van der Waals surface area contributed by atoms with Gasteiger partial charge in [0.15, 0.2) is 0 Å². The Morgan fingerprint density at radius 1 is 0.769 bits per heavy atom. The van der Waals surface area contributed by atoms with Crippen LogP contribution in [0.3, 0.4) is 0 Å². The molecule has 0 saturated carbocycles. The van der Waals surface area contributed by atoms with E-state index in [1.807, 2.05) is 37.3 Å². The van der Waals surface area contributed by atoms with E-state index in [0.29, 0.717) is 17.7 Å². The van der Waals surface area contributed by atoms with Crippen molar-refractivity contribution in [2.24, 2.45) is 0 Å². The molecular weight excluding hydrogens is 341 g/mol. The van der Waals surface area contributed by atoms with E-state index >= 15 is 0 Å². The zero-order valence-corrected chi connectivity index (χ0v) is 14.1. The molecule has 5 heteroatoms. The lowest BCUT2D eigenvalue weighted by atomic mass is 9.99. The maximum absolute atomic E-state index is 14.6. The minimum atomic E-state index is -2.88. The van der Waals surface area contributed by atoms with Crippen molar-refractivity contribution in [1.29, 1.82) is 0 Å². The van der Waals surface area contributed by atoms with Gasteiger partial charge in [0.25, 0.3) is 0 Å².